The lowest BCUT2D eigenvalue weighted by Crippen LogP contribution is -2.53. The molecule has 0 radical (unpaired) electrons. The van der Waals surface area contributed by atoms with E-state index >= 15 is 0 Å². The first-order valence-electron chi connectivity index (χ1n) is 9.10. The third kappa shape index (κ3) is 3.44. The van der Waals surface area contributed by atoms with Crippen molar-refractivity contribution in [2.45, 2.75) is 31.9 Å². The maximum absolute atomic E-state index is 14.0. The molecule has 0 aromatic carbocycles. The quantitative estimate of drug-likeness (QED) is 0.733. The molecule has 0 spiro atoms. The Kier molecular flexibility index (Phi) is 4.54. The van der Waals surface area contributed by atoms with E-state index in [1.54, 1.807) is 0 Å². The summed E-state index contributed by atoms with van der Waals surface area (Å²) in [7, 11) is 0. The number of piperazine rings is 1. The van der Waals surface area contributed by atoms with E-state index in [4.69, 9.17) is 4.74 Å². The number of carbonyl (C=O) groups is 2. The predicted molar refractivity (Wildman–Crippen MR) is 89.2 cm³/mol. The van der Waals surface area contributed by atoms with Crippen molar-refractivity contribution in [1.29, 1.82) is 0 Å². The van der Waals surface area contributed by atoms with Crippen molar-refractivity contribution in [3.05, 3.63) is 0 Å². The minimum atomic E-state index is -1.67. The summed E-state index contributed by atoms with van der Waals surface area (Å²) in [5.41, 5.74) is 0.343. The zero-order valence-corrected chi connectivity index (χ0v) is 14.2. The second-order valence-electron chi connectivity index (χ2n) is 7.12. The molecule has 7 nitrogen and oxygen atoms in total. The third-order valence-corrected chi connectivity index (χ3v) is 5.36. The van der Waals surface area contributed by atoms with Crippen LogP contribution in [0.3, 0.4) is 0 Å². The van der Waals surface area contributed by atoms with Crippen LogP contribution in [0.5, 0.6) is 0 Å². The number of alkyl halides is 1. The van der Waals surface area contributed by atoms with Gasteiger partial charge in [-0.3, -0.25) is 9.59 Å². The van der Waals surface area contributed by atoms with Crippen molar-refractivity contribution in [2.24, 2.45) is 21.8 Å². The van der Waals surface area contributed by atoms with E-state index < -0.39 is 12.1 Å². The standard InChI is InChI=1S/C17H23FN4O3/c18-13-14(11-1-2-11)19-17(20-15(13)23)22-7-5-21(6-8-22)16(24)12-3-9-25-10-4-12/h11-13H,1-10H2. The average molecular weight is 350 g/mol. The van der Waals surface area contributed by atoms with E-state index in [0.717, 1.165) is 25.7 Å². The molecule has 0 bridgehead atoms. The Balaban J connectivity index is 1.37. The molecule has 1 aliphatic carbocycles. The van der Waals surface area contributed by atoms with E-state index in [2.05, 4.69) is 9.98 Å². The minimum absolute atomic E-state index is 0.0562. The van der Waals surface area contributed by atoms with Gasteiger partial charge in [-0.2, -0.15) is 4.99 Å². The van der Waals surface area contributed by atoms with Crippen LogP contribution < -0.4 is 0 Å². The number of nitrogens with zero attached hydrogens (tertiary/aromatic N) is 4. The van der Waals surface area contributed by atoms with Crippen molar-refractivity contribution in [3.63, 3.8) is 0 Å². The van der Waals surface area contributed by atoms with E-state index in [1.807, 2.05) is 9.80 Å². The maximum atomic E-state index is 14.0. The molecule has 1 unspecified atom stereocenters. The summed E-state index contributed by atoms with van der Waals surface area (Å²) in [6.07, 6.45) is 1.69. The van der Waals surface area contributed by atoms with Crippen LogP contribution in [0.4, 0.5) is 4.39 Å². The number of carbonyl (C=O) groups excluding carboxylic acids is 2. The highest BCUT2D eigenvalue weighted by Gasteiger charge is 2.40. The molecule has 4 aliphatic rings. The van der Waals surface area contributed by atoms with Gasteiger partial charge in [0.15, 0.2) is 0 Å². The van der Waals surface area contributed by atoms with Gasteiger partial charge < -0.3 is 14.5 Å². The van der Waals surface area contributed by atoms with Gasteiger partial charge in [-0.05, 0) is 25.7 Å². The number of rotatable bonds is 2. The third-order valence-electron chi connectivity index (χ3n) is 5.36. The largest absolute Gasteiger partial charge is 0.381 e. The fourth-order valence-electron chi connectivity index (χ4n) is 3.63. The molecular formula is C17H23FN4O3. The van der Waals surface area contributed by atoms with Gasteiger partial charge in [0.25, 0.3) is 5.91 Å². The summed E-state index contributed by atoms with van der Waals surface area (Å²) in [4.78, 5) is 36.3. The Morgan fingerprint density at radius 3 is 2.36 bits per heavy atom. The summed E-state index contributed by atoms with van der Waals surface area (Å²) >= 11 is 0. The van der Waals surface area contributed by atoms with Gasteiger partial charge in [0.2, 0.25) is 18.0 Å². The summed E-state index contributed by atoms with van der Waals surface area (Å²) in [6, 6.07) is 0. The molecule has 0 aromatic heterocycles. The highest BCUT2D eigenvalue weighted by atomic mass is 19.1. The number of aliphatic imine (C=N–C) groups is 2. The number of guanidine groups is 1. The van der Waals surface area contributed by atoms with Gasteiger partial charge in [0, 0.05) is 51.2 Å². The second kappa shape index (κ2) is 6.82. The number of amides is 2. The van der Waals surface area contributed by atoms with Crippen LogP contribution in [-0.4, -0.2) is 78.8 Å². The number of halogens is 1. The molecular weight excluding hydrogens is 327 g/mol. The Morgan fingerprint density at radius 2 is 1.72 bits per heavy atom. The summed E-state index contributed by atoms with van der Waals surface area (Å²) in [5.74, 6) is -0.0799. The zero-order chi connectivity index (χ0) is 17.4. The smallest absolute Gasteiger partial charge is 0.289 e. The monoisotopic (exact) mass is 350 g/mol. The molecule has 25 heavy (non-hydrogen) atoms. The molecule has 0 aromatic rings. The Labute approximate surface area is 145 Å². The highest BCUT2D eigenvalue weighted by Crippen LogP contribution is 2.34. The van der Waals surface area contributed by atoms with Crippen molar-refractivity contribution in [1.82, 2.24) is 9.80 Å². The van der Waals surface area contributed by atoms with Crippen LogP contribution in [0.15, 0.2) is 9.98 Å². The SMILES string of the molecule is O=C1N=C(N2CCN(C(=O)C3CCOCC3)CC2)N=C(C2CC2)C1F. The van der Waals surface area contributed by atoms with Gasteiger partial charge in [-0.1, -0.05) is 0 Å². The van der Waals surface area contributed by atoms with Gasteiger partial charge in [0.1, 0.15) is 0 Å². The van der Waals surface area contributed by atoms with Gasteiger partial charge in [0.05, 0.1) is 5.71 Å². The summed E-state index contributed by atoms with van der Waals surface area (Å²) in [5, 5.41) is 0. The van der Waals surface area contributed by atoms with Crippen LogP contribution in [0.1, 0.15) is 25.7 Å². The first kappa shape index (κ1) is 16.6. The first-order valence-corrected chi connectivity index (χ1v) is 9.10. The van der Waals surface area contributed by atoms with E-state index in [1.165, 1.54) is 0 Å². The number of hydrogen-bond acceptors (Lipinski definition) is 5. The first-order chi connectivity index (χ1) is 12.1. The van der Waals surface area contributed by atoms with E-state index in [-0.39, 0.29) is 17.7 Å². The Morgan fingerprint density at radius 1 is 1.04 bits per heavy atom. The van der Waals surface area contributed by atoms with Crippen molar-refractivity contribution in [3.8, 4) is 0 Å². The number of hydrogen-bond donors (Lipinski definition) is 0. The molecule has 8 heteroatoms. The fourth-order valence-corrected chi connectivity index (χ4v) is 3.63. The van der Waals surface area contributed by atoms with Crippen LogP contribution in [0.25, 0.3) is 0 Å². The topological polar surface area (TPSA) is 74.6 Å². The lowest BCUT2D eigenvalue weighted by molar-refractivity contribution is -0.139. The van der Waals surface area contributed by atoms with Crippen molar-refractivity contribution >= 4 is 23.5 Å². The van der Waals surface area contributed by atoms with Crippen LogP contribution in [0.2, 0.25) is 0 Å². The molecule has 3 aliphatic heterocycles. The van der Waals surface area contributed by atoms with Crippen LogP contribution in [0, 0.1) is 11.8 Å². The van der Waals surface area contributed by atoms with Crippen molar-refractivity contribution < 1.29 is 18.7 Å². The maximum Gasteiger partial charge on any atom is 0.289 e. The molecule has 0 N–H and O–H groups in total. The normalized spacial score (nSPS) is 28.7. The van der Waals surface area contributed by atoms with Gasteiger partial charge in [-0.15, -0.1) is 0 Å². The number of ether oxygens (including phenoxy) is 1. The minimum Gasteiger partial charge on any atom is -0.381 e. The van der Waals surface area contributed by atoms with Gasteiger partial charge in [-0.25, -0.2) is 9.38 Å². The Bertz CT molecular complexity index is 617. The highest BCUT2D eigenvalue weighted by molar-refractivity contribution is 6.18. The molecule has 1 saturated carbocycles. The fraction of sp³-hybridized carbons (Fsp3) is 0.765. The predicted octanol–water partition coefficient (Wildman–Crippen LogP) is 0.642. The summed E-state index contributed by atoms with van der Waals surface area (Å²) < 4.78 is 19.3. The molecule has 2 amide bonds. The van der Waals surface area contributed by atoms with Crippen LogP contribution >= 0.6 is 0 Å². The molecule has 3 heterocycles. The summed E-state index contributed by atoms with van der Waals surface area (Å²) in [6.45, 7) is 3.60. The molecule has 1 atom stereocenters. The molecule has 4 rings (SSSR count). The van der Waals surface area contributed by atoms with E-state index in [0.29, 0.717) is 51.1 Å². The molecule has 136 valence electrons. The lowest BCUT2D eigenvalue weighted by Gasteiger charge is -2.38. The van der Waals surface area contributed by atoms with Crippen molar-refractivity contribution in [2.75, 3.05) is 39.4 Å². The zero-order valence-electron chi connectivity index (χ0n) is 14.2. The van der Waals surface area contributed by atoms with Gasteiger partial charge >= 0.3 is 0 Å². The Hall–Kier alpha value is -1.83. The van der Waals surface area contributed by atoms with E-state index in [9.17, 15) is 14.0 Å². The average Bonchev–Trinajstić information content (AvgIpc) is 3.49. The lowest BCUT2D eigenvalue weighted by atomic mass is 9.98. The molecule has 2 saturated heterocycles. The second-order valence-corrected chi connectivity index (χ2v) is 7.12. The van der Waals surface area contributed by atoms with Crippen LogP contribution in [-0.2, 0) is 14.3 Å². The molecule has 3 fully saturated rings.